The first-order valence-electron chi connectivity index (χ1n) is 8.79. The number of aryl methyl sites for hydroxylation is 2. The summed E-state index contributed by atoms with van der Waals surface area (Å²) in [5, 5.41) is 10.9. The highest BCUT2D eigenvalue weighted by atomic mass is 19.1. The summed E-state index contributed by atoms with van der Waals surface area (Å²) >= 11 is 0. The van der Waals surface area contributed by atoms with E-state index in [1.54, 1.807) is 0 Å². The molecule has 0 aliphatic rings. The first kappa shape index (κ1) is 19.9. The largest absolute Gasteiger partial charge is 0.357 e. The van der Waals surface area contributed by atoms with Gasteiger partial charge in [0.1, 0.15) is 11.6 Å². The van der Waals surface area contributed by atoms with Crippen LogP contribution in [-0.2, 0) is 20.0 Å². The molecule has 0 saturated heterocycles. The average molecular weight is 363 g/mol. The number of hydrogen-bond donors (Lipinski definition) is 2. The lowest BCUT2D eigenvalue weighted by Crippen LogP contribution is -2.43. The normalized spacial score (nSPS) is 13.0. The maximum atomic E-state index is 13.8. The van der Waals surface area contributed by atoms with Gasteiger partial charge in [0.2, 0.25) is 0 Å². The number of nitrogens with zero attached hydrogens (tertiary/aromatic N) is 3. The van der Waals surface area contributed by atoms with Crippen LogP contribution >= 0.6 is 0 Å². The maximum absolute atomic E-state index is 13.8. The fraction of sp³-hybridized carbons (Fsp3) is 0.474. The van der Waals surface area contributed by atoms with Gasteiger partial charge in [0.05, 0.1) is 12.2 Å². The molecule has 0 saturated carbocycles. The van der Waals surface area contributed by atoms with Crippen LogP contribution in [0.2, 0.25) is 0 Å². The van der Waals surface area contributed by atoms with Crippen molar-refractivity contribution < 1.29 is 8.78 Å². The predicted molar refractivity (Wildman–Crippen MR) is 100 cm³/mol. The van der Waals surface area contributed by atoms with E-state index >= 15 is 0 Å². The number of aliphatic imine (C=N–C) groups is 1. The second kappa shape index (κ2) is 8.78. The first-order valence-corrected chi connectivity index (χ1v) is 8.79. The third-order valence-electron chi connectivity index (χ3n) is 4.31. The molecule has 0 aliphatic carbocycles. The molecule has 0 spiro atoms. The Labute approximate surface area is 153 Å². The van der Waals surface area contributed by atoms with Crippen molar-refractivity contribution >= 4 is 5.96 Å². The lowest BCUT2D eigenvalue weighted by atomic mass is 10.1. The van der Waals surface area contributed by atoms with E-state index in [9.17, 15) is 8.78 Å². The molecule has 0 fully saturated rings. The predicted octanol–water partition coefficient (Wildman–Crippen LogP) is 3.00. The summed E-state index contributed by atoms with van der Waals surface area (Å²) in [6, 6.07) is 3.50. The van der Waals surface area contributed by atoms with E-state index in [0.717, 1.165) is 29.9 Å². The van der Waals surface area contributed by atoms with Gasteiger partial charge in [-0.15, -0.1) is 0 Å². The van der Waals surface area contributed by atoms with Crippen LogP contribution in [0.15, 0.2) is 23.2 Å². The van der Waals surface area contributed by atoms with E-state index in [2.05, 4.69) is 27.6 Å². The number of aromatic nitrogens is 2. The molecule has 0 aliphatic heterocycles. The van der Waals surface area contributed by atoms with Gasteiger partial charge < -0.3 is 10.6 Å². The van der Waals surface area contributed by atoms with Crippen LogP contribution in [0.25, 0.3) is 0 Å². The monoisotopic (exact) mass is 363 g/mol. The van der Waals surface area contributed by atoms with Gasteiger partial charge in [-0.2, -0.15) is 5.10 Å². The van der Waals surface area contributed by atoms with E-state index in [1.807, 2.05) is 32.5 Å². The minimum Gasteiger partial charge on any atom is -0.357 e. The third-order valence-corrected chi connectivity index (χ3v) is 4.31. The van der Waals surface area contributed by atoms with E-state index < -0.39 is 11.6 Å². The van der Waals surface area contributed by atoms with Crippen LogP contribution in [0, 0.1) is 25.5 Å². The van der Waals surface area contributed by atoms with Crippen LogP contribution < -0.4 is 10.6 Å². The maximum Gasteiger partial charge on any atom is 0.191 e. The van der Waals surface area contributed by atoms with Crippen molar-refractivity contribution in [3.63, 3.8) is 0 Å². The average Bonchev–Trinajstić information content (AvgIpc) is 2.82. The van der Waals surface area contributed by atoms with E-state index in [-0.39, 0.29) is 18.2 Å². The highest BCUT2D eigenvalue weighted by Gasteiger charge is 2.14. The molecule has 1 unspecified atom stereocenters. The van der Waals surface area contributed by atoms with Crippen molar-refractivity contribution in [2.24, 2.45) is 12.0 Å². The highest BCUT2D eigenvalue weighted by Crippen LogP contribution is 2.14. The zero-order valence-corrected chi connectivity index (χ0v) is 16.0. The van der Waals surface area contributed by atoms with Gasteiger partial charge in [-0.3, -0.25) is 4.68 Å². The SMILES string of the molecule is CCNC(=NCc1cc(F)ccc1F)NC(C)Cc1c(C)nn(C)c1C. The third kappa shape index (κ3) is 5.03. The van der Waals surface area contributed by atoms with Crippen LogP contribution in [0.3, 0.4) is 0 Å². The summed E-state index contributed by atoms with van der Waals surface area (Å²) in [4.78, 5) is 4.38. The molecule has 1 aromatic heterocycles. The van der Waals surface area contributed by atoms with Crippen LogP contribution in [0.1, 0.15) is 36.4 Å². The minimum atomic E-state index is -0.467. The Kier molecular flexibility index (Phi) is 6.71. The molecule has 7 heteroatoms. The van der Waals surface area contributed by atoms with Crippen molar-refractivity contribution in [1.29, 1.82) is 0 Å². The van der Waals surface area contributed by atoms with Gasteiger partial charge in [0.25, 0.3) is 0 Å². The Balaban J connectivity index is 2.07. The van der Waals surface area contributed by atoms with Crippen molar-refractivity contribution in [1.82, 2.24) is 20.4 Å². The van der Waals surface area contributed by atoms with Gasteiger partial charge in [0.15, 0.2) is 5.96 Å². The quantitative estimate of drug-likeness (QED) is 0.613. The molecule has 142 valence electrons. The van der Waals surface area contributed by atoms with Gasteiger partial charge in [-0.25, -0.2) is 13.8 Å². The molecule has 5 nitrogen and oxygen atoms in total. The number of rotatable bonds is 6. The Hall–Kier alpha value is -2.44. The summed E-state index contributed by atoms with van der Waals surface area (Å²) in [6.07, 6.45) is 0.796. The molecule has 1 atom stereocenters. The molecular weight excluding hydrogens is 336 g/mol. The molecule has 0 amide bonds. The highest BCUT2D eigenvalue weighted by molar-refractivity contribution is 5.80. The van der Waals surface area contributed by atoms with Crippen molar-refractivity contribution in [3.8, 4) is 0 Å². The molecule has 0 radical (unpaired) electrons. The summed E-state index contributed by atoms with van der Waals surface area (Å²) in [7, 11) is 1.93. The second-order valence-electron chi connectivity index (χ2n) is 6.45. The van der Waals surface area contributed by atoms with Crippen molar-refractivity contribution in [2.45, 2.75) is 46.7 Å². The zero-order chi connectivity index (χ0) is 19.3. The lowest BCUT2D eigenvalue weighted by Gasteiger charge is -2.18. The number of benzene rings is 1. The molecule has 1 heterocycles. The molecule has 1 aromatic carbocycles. The standard InChI is InChI=1S/C19H27F2N5/c1-6-22-19(23-11-15-10-16(20)7-8-18(15)21)24-12(2)9-17-13(3)25-26(5)14(17)4/h7-8,10,12H,6,9,11H2,1-5H3,(H2,22,23,24). The van der Waals surface area contributed by atoms with Gasteiger partial charge in [0, 0.05) is 30.9 Å². The van der Waals surface area contributed by atoms with Crippen LogP contribution in [0.5, 0.6) is 0 Å². The Morgan fingerprint density at radius 3 is 2.65 bits per heavy atom. The topological polar surface area (TPSA) is 54.2 Å². The number of halogens is 2. The lowest BCUT2D eigenvalue weighted by molar-refractivity contribution is 0.584. The number of hydrogen-bond acceptors (Lipinski definition) is 2. The van der Waals surface area contributed by atoms with Crippen molar-refractivity contribution in [2.75, 3.05) is 6.54 Å². The van der Waals surface area contributed by atoms with Crippen LogP contribution in [-0.4, -0.2) is 28.3 Å². The Morgan fingerprint density at radius 1 is 1.31 bits per heavy atom. The summed E-state index contributed by atoms with van der Waals surface area (Å²) in [5.74, 6) is -0.353. The van der Waals surface area contributed by atoms with Gasteiger partial charge >= 0.3 is 0 Å². The molecule has 26 heavy (non-hydrogen) atoms. The van der Waals surface area contributed by atoms with E-state index in [0.29, 0.717) is 12.5 Å². The van der Waals surface area contributed by atoms with Gasteiger partial charge in [-0.1, -0.05) is 0 Å². The number of nitrogens with one attached hydrogen (secondary N) is 2. The second-order valence-corrected chi connectivity index (χ2v) is 6.45. The molecule has 2 N–H and O–H groups in total. The molecule has 2 rings (SSSR count). The molecular formula is C19H27F2N5. The summed E-state index contributed by atoms with van der Waals surface area (Å²) < 4.78 is 28.9. The minimum absolute atomic E-state index is 0.0661. The van der Waals surface area contributed by atoms with E-state index in [4.69, 9.17) is 0 Å². The Morgan fingerprint density at radius 2 is 2.04 bits per heavy atom. The fourth-order valence-corrected chi connectivity index (χ4v) is 2.85. The summed E-state index contributed by atoms with van der Waals surface area (Å²) in [5.41, 5.74) is 3.59. The first-order chi connectivity index (χ1) is 12.3. The smallest absolute Gasteiger partial charge is 0.191 e. The molecule has 2 aromatic rings. The zero-order valence-electron chi connectivity index (χ0n) is 16.0. The van der Waals surface area contributed by atoms with Crippen molar-refractivity contribution in [3.05, 3.63) is 52.3 Å². The molecule has 0 bridgehead atoms. The number of guanidine groups is 1. The van der Waals surface area contributed by atoms with Gasteiger partial charge in [-0.05, 0) is 57.9 Å². The van der Waals surface area contributed by atoms with Crippen LogP contribution in [0.4, 0.5) is 8.78 Å². The Bertz CT molecular complexity index is 782. The summed E-state index contributed by atoms with van der Waals surface area (Å²) in [6.45, 7) is 8.81. The fourth-order valence-electron chi connectivity index (χ4n) is 2.85. The van der Waals surface area contributed by atoms with E-state index in [1.165, 1.54) is 11.6 Å².